The highest BCUT2D eigenvalue weighted by Crippen LogP contribution is 2.39. The van der Waals surface area contributed by atoms with Crippen LogP contribution in [-0.4, -0.2) is 54.8 Å². The molecule has 1 aromatic heterocycles. The third-order valence-corrected chi connectivity index (χ3v) is 6.64. The van der Waals surface area contributed by atoms with Gasteiger partial charge in [0.05, 0.1) is 24.5 Å². The lowest BCUT2D eigenvalue weighted by Crippen LogP contribution is -2.40. The van der Waals surface area contributed by atoms with Crippen LogP contribution in [0.25, 0.3) is 11.3 Å². The molecule has 0 radical (unpaired) electrons. The summed E-state index contributed by atoms with van der Waals surface area (Å²) in [5, 5.41) is 2.91. The Morgan fingerprint density at radius 1 is 1.05 bits per heavy atom. The molecule has 0 aliphatic carbocycles. The fraction of sp³-hybridized carbons (Fsp3) is 0.346. The van der Waals surface area contributed by atoms with Gasteiger partial charge in [-0.15, -0.1) is 0 Å². The number of benzene rings is 2. The number of rotatable bonds is 6. The van der Waals surface area contributed by atoms with Crippen molar-refractivity contribution in [3.8, 4) is 11.3 Å². The summed E-state index contributed by atoms with van der Waals surface area (Å²) in [5.41, 5.74) is 7.50. The van der Waals surface area contributed by atoms with Crippen molar-refractivity contribution in [3.63, 3.8) is 0 Å². The van der Waals surface area contributed by atoms with Gasteiger partial charge in [-0.25, -0.2) is 9.97 Å². The van der Waals surface area contributed by atoms with Gasteiger partial charge >= 0.3 is 6.18 Å². The van der Waals surface area contributed by atoms with Gasteiger partial charge in [-0.2, -0.15) is 13.2 Å². The summed E-state index contributed by atoms with van der Waals surface area (Å²) in [5.74, 6) is -0.151. The van der Waals surface area contributed by atoms with Crippen LogP contribution in [0.2, 0.25) is 0 Å². The van der Waals surface area contributed by atoms with Crippen LogP contribution in [0.3, 0.4) is 0 Å². The summed E-state index contributed by atoms with van der Waals surface area (Å²) in [6.07, 6.45) is -1.32. The van der Waals surface area contributed by atoms with Gasteiger partial charge in [0, 0.05) is 48.5 Å². The molecule has 2 saturated heterocycles. The Balaban J connectivity index is 1.35. The minimum Gasteiger partial charge on any atom is -0.378 e. The Labute approximate surface area is 212 Å². The number of halogens is 3. The van der Waals surface area contributed by atoms with E-state index >= 15 is 0 Å². The lowest BCUT2D eigenvalue weighted by Gasteiger charge is -2.31. The third-order valence-electron chi connectivity index (χ3n) is 6.64. The van der Waals surface area contributed by atoms with E-state index < -0.39 is 11.7 Å². The van der Waals surface area contributed by atoms with E-state index in [1.165, 1.54) is 6.07 Å². The molecule has 2 aliphatic heterocycles. The second-order valence-electron chi connectivity index (χ2n) is 9.02. The zero-order chi connectivity index (χ0) is 26.0. The second kappa shape index (κ2) is 10.3. The molecule has 3 aromatic rings. The molecule has 0 bridgehead atoms. The van der Waals surface area contributed by atoms with Crippen molar-refractivity contribution in [3.05, 3.63) is 60.3 Å². The van der Waals surface area contributed by atoms with Crippen molar-refractivity contribution in [2.45, 2.75) is 25.1 Å². The number of nitrogens with two attached hydrogens (primary N) is 1. The Morgan fingerprint density at radius 3 is 2.51 bits per heavy atom. The number of anilines is 4. The zero-order valence-corrected chi connectivity index (χ0v) is 20.0. The van der Waals surface area contributed by atoms with Crippen molar-refractivity contribution >= 4 is 28.9 Å². The number of alkyl halides is 3. The summed E-state index contributed by atoms with van der Waals surface area (Å²) < 4.78 is 46.9. The fourth-order valence-corrected chi connectivity index (χ4v) is 4.82. The van der Waals surface area contributed by atoms with Crippen LogP contribution in [0, 0.1) is 0 Å². The quantitative estimate of drug-likeness (QED) is 0.511. The highest BCUT2D eigenvalue weighted by Gasteiger charge is 2.35. The van der Waals surface area contributed by atoms with E-state index in [9.17, 15) is 18.0 Å². The molecule has 2 aromatic carbocycles. The van der Waals surface area contributed by atoms with Crippen molar-refractivity contribution in [2.24, 2.45) is 5.73 Å². The first-order chi connectivity index (χ1) is 17.8. The second-order valence-corrected chi connectivity index (χ2v) is 9.02. The molecular weight excluding hydrogens is 485 g/mol. The van der Waals surface area contributed by atoms with Crippen LogP contribution in [0.4, 0.5) is 36.2 Å². The number of carbonyl (C=O) groups is 1. The maximum atomic E-state index is 13.9. The van der Waals surface area contributed by atoms with Crippen LogP contribution in [0.15, 0.2) is 54.7 Å². The fourth-order valence-electron chi connectivity index (χ4n) is 4.82. The third kappa shape index (κ3) is 5.46. The van der Waals surface area contributed by atoms with Crippen molar-refractivity contribution < 1.29 is 22.7 Å². The van der Waals surface area contributed by atoms with Crippen molar-refractivity contribution in [1.29, 1.82) is 0 Å². The van der Waals surface area contributed by atoms with E-state index in [1.807, 2.05) is 29.2 Å². The van der Waals surface area contributed by atoms with Crippen molar-refractivity contribution in [1.82, 2.24) is 9.97 Å². The van der Waals surface area contributed by atoms with E-state index in [2.05, 4.69) is 15.3 Å². The van der Waals surface area contributed by atoms with Crippen LogP contribution in [-0.2, 0) is 15.7 Å². The number of amides is 1. The molecule has 0 spiro atoms. The molecule has 37 heavy (non-hydrogen) atoms. The number of hydrogen-bond acceptors (Lipinski definition) is 7. The van der Waals surface area contributed by atoms with Gasteiger partial charge < -0.3 is 25.6 Å². The molecule has 5 rings (SSSR count). The number of hydrogen-bond donors (Lipinski definition) is 2. The Kier molecular flexibility index (Phi) is 6.88. The number of nitrogens with zero attached hydrogens (tertiary/aromatic N) is 4. The molecule has 3 N–H and O–H groups in total. The predicted molar refractivity (Wildman–Crippen MR) is 135 cm³/mol. The molecule has 1 amide bonds. The lowest BCUT2D eigenvalue weighted by atomic mass is 10.1. The first-order valence-corrected chi connectivity index (χ1v) is 12.1. The van der Waals surface area contributed by atoms with Gasteiger partial charge in [0.2, 0.25) is 11.9 Å². The average molecular weight is 513 g/mol. The number of primary amides is 1. The summed E-state index contributed by atoms with van der Waals surface area (Å²) in [6, 6.07) is 13.2. The van der Waals surface area contributed by atoms with Crippen LogP contribution in [0.5, 0.6) is 0 Å². The van der Waals surface area contributed by atoms with Gasteiger partial charge in [0.1, 0.15) is 6.04 Å². The van der Waals surface area contributed by atoms with E-state index in [-0.39, 0.29) is 29.3 Å². The number of morpholine rings is 1. The number of aromatic nitrogens is 2. The van der Waals surface area contributed by atoms with Gasteiger partial charge in [0.15, 0.2) is 0 Å². The van der Waals surface area contributed by atoms with Gasteiger partial charge in [-0.1, -0.05) is 12.1 Å². The molecule has 3 heterocycles. The smallest absolute Gasteiger partial charge is 0.378 e. The van der Waals surface area contributed by atoms with Gasteiger partial charge in [-0.3, -0.25) is 4.79 Å². The van der Waals surface area contributed by atoms with Crippen LogP contribution >= 0.6 is 0 Å². The molecule has 194 valence electrons. The highest BCUT2D eigenvalue weighted by molar-refractivity contribution is 5.84. The molecule has 0 saturated carbocycles. The first-order valence-electron chi connectivity index (χ1n) is 12.1. The van der Waals surface area contributed by atoms with E-state index in [0.29, 0.717) is 32.0 Å². The molecular formula is C26H27F3N6O2. The molecule has 11 heteroatoms. The monoisotopic (exact) mass is 512 g/mol. The van der Waals surface area contributed by atoms with Gasteiger partial charge in [0.25, 0.3) is 0 Å². The number of carbonyl (C=O) groups excluding carboxylic acids is 1. The molecule has 0 unspecified atom stereocenters. The minimum atomic E-state index is -4.52. The largest absolute Gasteiger partial charge is 0.418 e. The summed E-state index contributed by atoms with van der Waals surface area (Å²) in [4.78, 5) is 24.1. The van der Waals surface area contributed by atoms with E-state index in [4.69, 9.17) is 10.5 Å². The topological polar surface area (TPSA) is 96.6 Å². The first kappa shape index (κ1) is 24.8. The van der Waals surface area contributed by atoms with Crippen LogP contribution in [0.1, 0.15) is 18.4 Å². The maximum Gasteiger partial charge on any atom is 0.418 e. The van der Waals surface area contributed by atoms with Gasteiger partial charge in [-0.05, 0) is 49.2 Å². The normalized spacial score (nSPS) is 18.2. The number of nitrogens with one attached hydrogen (secondary N) is 1. The molecule has 1 atom stereocenters. The standard InChI is InChI=1S/C26H27F3N6O2/c27-26(28,29)20-16-18(5-8-22(20)34-12-14-37-15-13-34)32-25-31-10-9-21(33-25)17-3-6-19(7-4-17)35-11-1-2-23(35)24(30)36/h3-10,16,23H,1-2,11-15H2,(H2,30,36)(H,31,32,33)/t23-/m1/s1. The predicted octanol–water partition coefficient (Wildman–Crippen LogP) is 4.20. The summed E-state index contributed by atoms with van der Waals surface area (Å²) in [7, 11) is 0. The van der Waals surface area contributed by atoms with Crippen molar-refractivity contribution in [2.75, 3.05) is 48.0 Å². The molecule has 2 aliphatic rings. The zero-order valence-electron chi connectivity index (χ0n) is 20.0. The molecule has 2 fully saturated rings. The summed E-state index contributed by atoms with van der Waals surface area (Å²) >= 11 is 0. The average Bonchev–Trinajstić information content (AvgIpc) is 3.40. The maximum absolute atomic E-state index is 13.9. The Bertz CT molecular complexity index is 1260. The highest BCUT2D eigenvalue weighted by atomic mass is 19.4. The van der Waals surface area contributed by atoms with Crippen LogP contribution < -0.4 is 20.9 Å². The Hall–Kier alpha value is -3.86. The number of ether oxygens (including phenoxy) is 1. The SMILES string of the molecule is NC(=O)[C@H]1CCCN1c1ccc(-c2ccnc(Nc3ccc(N4CCOCC4)c(C(F)(F)F)c3)n2)cc1. The van der Waals surface area contributed by atoms with E-state index in [0.717, 1.165) is 36.7 Å². The lowest BCUT2D eigenvalue weighted by molar-refractivity contribution is -0.137. The summed E-state index contributed by atoms with van der Waals surface area (Å²) in [6.45, 7) is 2.35. The van der Waals surface area contributed by atoms with E-state index in [1.54, 1.807) is 23.2 Å². The Morgan fingerprint density at radius 2 is 1.81 bits per heavy atom. The molecule has 8 nitrogen and oxygen atoms in total. The minimum absolute atomic E-state index is 0.132.